The standard InChI is InChI=1S/C12H11ClFNO/c1-8-5-6-9(16-8)7-15-11-4-2-3-10(13)12(11)14/h2-6,15H,7H2,1H3. The van der Waals surface area contributed by atoms with E-state index in [-0.39, 0.29) is 5.02 Å². The molecule has 4 heteroatoms. The van der Waals surface area contributed by atoms with Crippen LogP contribution in [0.5, 0.6) is 0 Å². The number of benzene rings is 1. The van der Waals surface area contributed by atoms with Crippen molar-refractivity contribution < 1.29 is 8.81 Å². The smallest absolute Gasteiger partial charge is 0.164 e. The monoisotopic (exact) mass is 239 g/mol. The summed E-state index contributed by atoms with van der Waals surface area (Å²) in [6, 6.07) is 8.56. The maximum absolute atomic E-state index is 13.5. The average molecular weight is 240 g/mol. The van der Waals surface area contributed by atoms with Crippen LogP contribution in [0.1, 0.15) is 11.5 Å². The zero-order valence-corrected chi connectivity index (χ0v) is 9.51. The van der Waals surface area contributed by atoms with Gasteiger partial charge in [0.25, 0.3) is 0 Å². The molecule has 0 fully saturated rings. The van der Waals surface area contributed by atoms with Gasteiger partial charge in [-0.3, -0.25) is 0 Å². The van der Waals surface area contributed by atoms with Gasteiger partial charge in [0, 0.05) is 0 Å². The molecule has 0 aliphatic heterocycles. The fourth-order valence-electron chi connectivity index (χ4n) is 1.40. The molecule has 1 aromatic heterocycles. The van der Waals surface area contributed by atoms with Crippen molar-refractivity contribution in [2.75, 3.05) is 5.32 Å². The average Bonchev–Trinajstić information content (AvgIpc) is 2.67. The highest BCUT2D eigenvalue weighted by atomic mass is 35.5. The van der Waals surface area contributed by atoms with E-state index in [0.29, 0.717) is 12.2 Å². The number of furan rings is 1. The first-order valence-electron chi connectivity index (χ1n) is 4.90. The predicted molar refractivity (Wildman–Crippen MR) is 62.2 cm³/mol. The van der Waals surface area contributed by atoms with Crippen molar-refractivity contribution >= 4 is 17.3 Å². The van der Waals surface area contributed by atoms with Gasteiger partial charge in [0.15, 0.2) is 5.82 Å². The fourth-order valence-corrected chi connectivity index (χ4v) is 1.58. The number of anilines is 1. The Balaban J connectivity index is 2.07. The Labute approximate surface area is 98.0 Å². The molecule has 2 aromatic rings. The predicted octanol–water partition coefficient (Wildman–Crippen LogP) is 3.99. The first kappa shape index (κ1) is 11.0. The van der Waals surface area contributed by atoms with Crippen LogP contribution in [-0.2, 0) is 6.54 Å². The van der Waals surface area contributed by atoms with E-state index in [1.807, 2.05) is 19.1 Å². The Morgan fingerprint density at radius 2 is 2.12 bits per heavy atom. The van der Waals surface area contributed by atoms with Crippen molar-refractivity contribution in [3.8, 4) is 0 Å². The van der Waals surface area contributed by atoms with E-state index in [4.69, 9.17) is 16.0 Å². The van der Waals surface area contributed by atoms with Gasteiger partial charge in [0.2, 0.25) is 0 Å². The van der Waals surface area contributed by atoms with E-state index >= 15 is 0 Å². The summed E-state index contributed by atoms with van der Waals surface area (Å²) in [4.78, 5) is 0. The van der Waals surface area contributed by atoms with E-state index in [2.05, 4.69) is 5.32 Å². The molecule has 0 saturated carbocycles. The lowest BCUT2D eigenvalue weighted by molar-refractivity contribution is 0.490. The molecular weight excluding hydrogens is 229 g/mol. The van der Waals surface area contributed by atoms with Crippen molar-refractivity contribution in [2.45, 2.75) is 13.5 Å². The third kappa shape index (κ3) is 2.36. The number of nitrogens with one attached hydrogen (secondary N) is 1. The summed E-state index contributed by atoms with van der Waals surface area (Å²) in [5, 5.41) is 3.04. The topological polar surface area (TPSA) is 25.2 Å². The third-order valence-corrected chi connectivity index (χ3v) is 2.49. The number of aryl methyl sites for hydroxylation is 1. The molecule has 0 atom stereocenters. The minimum absolute atomic E-state index is 0.112. The van der Waals surface area contributed by atoms with Crippen LogP contribution in [0.4, 0.5) is 10.1 Å². The van der Waals surface area contributed by atoms with E-state index in [1.165, 1.54) is 6.07 Å². The lowest BCUT2D eigenvalue weighted by Crippen LogP contribution is -2.00. The Morgan fingerprint density at radius 3 is 2.81 bits per heavy atom. The molecule has 0 aliphatic carbocycles. The van der Waals surface area contributed by atoms with Gasteiger partial charge in [-0.1, -0.05) is 17.7 Å². The van der Waals surface area contributed by atoms with Crippen LogP contribution in [0.2, 0.25) is 5.02 Å². The Morgan fingerprint density at radius 1 is 1.31 bits per heavy atom. The van der Waals surface area contributed by atoms with Gasteiger partial charge < -0.3 is 9.73 Å². The Kier molecular flexibility index (Phi) is 3.15. The molecule has 0 aliphatic rings. The van der Waals surface area contributed by atoms with Crippen LogP contribution in [0.25, 0.3) is 0 Å². The van der Waals surface area contributed by atoms with E-state index in [1.54, 1.807) is 12.1 Å². The van der Waals surface area contributed by atoms with Gasteiger partial charge in [-0.25, -0.2) is 4.39 Å². The van der Waals surface area contributed by atoms with Crippen LogP contribution in [-0.4, -0.2) is 0 Å². The first-order chi connectivity index (χ1) is 7.66. The number of hydrogen-bond donors (Lipinski definition) is 1. The van der Waals surface area contributed by atoms with Gasteiger partial charge in [0.05, 0.1) is 17.3 Å². The van der Waals surface area contributed by atoms with E-state index < -0.39 is 5.82 Å². The lowest BCUT2D eigenvalue weighted by atomic mass is 10.3. The molecular formula is C12H11ClFNO. The van der Waals surface area contributed by atoms with E-state index in [9.17, 15) is 4.39 Å². The summed E-state index contributed by atoms with van der Waals surface area (Å²) < 4.78 is 18.8. The molecule has 1 N–H and O–H groups in total. The second-order valence-corrected chi connectivity index (χ2v) is 3.87. The van der Waals surface area contributed by atoms with Gasteiger partial charge >= 0.3 is 0 Å². The van der Waals surface area contributed by atoms with Gasteiger partial charge in [-0.2, -0.15) is 0 Å². The number of hydrogen-bond acceptors (Lipinski definition) is 2. The summed E-state index contributed by atoms with van der Waals surface area (Å²) in [6.07, 6.45) is 0. The highest BCUT2D eigenvalue weighted by Gasteiger charge is 2.06. The van der Waals surface area contributed by atoms with Gasteiger partial charge in [-0.15, -0.1) is 0 Å². The van der Waals surface area contributed by atoms with Crippen molar-refractivity contribution in [3.63, 3.8) is 0 Å². The van der Waals surface area contributed by atoms with Crippen LogP contribution >= 0.6 is 11.6 Å². The van der Waals surface area contributed by atoms with Gasteiger partial charge in [-0.05, 0) is 31.2 Å². The van der Waals surface area contributed by atoms with Crippen LogP contribution in [0, 0.1) is 12.7 Å². The van der Waals surface area contributed by atoms with Gasteiger partial charge in [0.1, 0.15) is 11.5 Å². The lowest BCUT2D eigenvalue weighted by Gasteiger charge is -2.06. The summed E-state index contributed by atoms with van der Waals surface area (Å²) >= 11 is 5.66. The fraction of sp³-hybridized carbons (Fsp3) is 0.167. The number of halogens is 2. The largest absolute Gasteiger partial charge is 0.465 e. The molecule has 16 heavy (non-hydrogen) atoms. The molecule has 2 nitrogen and oxygen atoms in total. The molecule has 0 unspecified atom stereocenters. The summed E-state index contributed by atoms with van der Waals surface area (Å²) in [5.41, 5.74) is 0.376. The van der Waals surface area contributed by atoms with Crippen molar-refractivity contribution in [1.82, 2.24) is 0 Å². The molecule has 0 radical (unpaired) electrons. The Hall–Kier alpha value is -1.48. The molecule has 1 aromatic carbocycles. The zero-order chi connectivity index (χ0) is 11.5. The van der Waals surface area contributed by atoms with Crippen LogP contribution in [0.3, 0.4) is 0 Å². The summed E-state index contributed by atoms with van der Waals surface area (Å²) in [5.74, 6) is 1.16. The van der Waals surface area contributed by atoms with E-state index in [0.717, 1.165) is 11.5 Å². The van der Waals surface area contributed by atoms with Crippen molar-refractivity contribution in [3.05, 3.63) is 52.7 Å². The summed E-state index contributed by atoms with van der Waals surface area (Å²) in [7, 11) is 0. The quantitative estimate of drug-likeness (QED) is 0.876. The maximum Gasteiger partial charge on any atom is 0.164 e. The first-order valence-corrected chi connectivity index (χ1v) is 5.28. The minimum Gasteiger partial charge on any atom is -0.465 e. The normalized spacial score (nSPS) is 10.4. The summed E-state index contributed by atoms with van der Waals surface area (Å²) in [6.45, 7) is 2.30. The zero-order valence-electron chi connectivity index (χ0n) is 8.76. The minimum atomic E-state index is -0.438. The molecule has 0 spiro atoms. The second-order valence-electron chi connectivity index (χ2n) is 3.47. The van der Waals surface area contributed by atoms with Crippen LogP contribution < -0.4 is 5.32 Å². The molecule has 0 bridgehead atoms. The molecule has 0 amide bonds. The molecule has 2 rings (SSSR count). The molecule has 84 valence electrons. The SMILES string of the molecule is Cc1ccc(CNc2cccc(Cl)c2F)o1. The third-order valence-electron chi connectivity index (χ3n) is 2.20. The molecule has 0 saturated heterocycles. The van der Waals surface area contributed by atoms with Crippen molar-refractivity contribution in [1.29, 1.82) is 0 Å². The number of rotatable bonds is 3. The maximum atomic E-state index is 13.5. The second kappa shape index (κ2) is 4.58. The van der Waals surface area contributed by atoms with Crippen molar-refractivity contribution in [2.24, 2.45) is 0 Å². The highest BCUT2D eigenvalue weighted by Crippen LogP contribution is 2.22. The highest BCUT2D eigenvalue weighted by molar-refractivity contribution is 6.31. The van der Waals surface area contributed by atoms with Crippen LogP contribution in [0.15, 0.2) is 34.7 Å². The Bertz CT molecular complexity index is 496. The molecule has 1 heterocycles.